The highest BCUT2D eigenvalue weighted by Crippen LogP contribution is 2.27. The number of nitrogens with zero attached hydrogens (tertiary/aromatic N) is 4. The molecular formula is C14H9ClN4OS2. The molecule has 0 aliphatic rings. The van der Waals surface area contributed by atoms with Crippen LogP contribution in [-0.2, 0) is 6.61 Å². The number of rotatable bonds is 4. The normalized spacial score (nSPS) is 11.1. The second-order valence-corrected chi connectivity index (χ2v) is 6.81. The van der Waals surface area contributed by atoms with Gasteiger partial charge in [-0.1, -0.05) is 41.1 Å². The average molecular weight is 349 g/mol. The van der Waals surface area contributed by atoms with Crippen molar-refractivity contribution in [3.05, 3.63) is 51.8 Å². The molecule has 3 aromatic heterocycles. The minimum atomic E-state index is 0.349. The summed E-state index contributed by atoms with van der Waals surface area (Å²) in [5.74, 6) is 1.40. The second-order valence-electron chi connectivity index (χ2n) is 4.41. The predicted octanol–water partition coefficient (Wildman–Crippen LogP) is 4.15. The molecule has 0 atom stereocenters. The van der Waals surface area contributed by atoms with Crippen molar-refractivity contribution in [3.63, 3.8) is 0 Å². The summed E-state index contributed by atoms with van der Waals surface area (Å²) in [6, 6.07) is 11.4. The number of ether oxygens (including phenoxy) is 1. The Morgan fingerprint density at radius 3 is 2.86 bits per heavy atom. The van der Waals surface area contributed by atoms with Crippen molar-refractivity contribution in [2.24, 2.45) is 0 Å². The van der Waals surface area contributed by atoms with Gasteiger partial charge in [-0.3, -0.25) is 0 Å². The minimum Gasteiger partial charge on any atom is -0.485 e. The van der Waals surface area contributed by atoms with Gasteiger partial charge in [-0.15, -0.1) is 21.5 Å². The van der Waals surface area contributed by atoms with E-state index in [1.165, 1.54) is 11.3 Å². The lowest BCUT2D eigenvalue weighted by atomic mass is 10.3. The highest BCUT2D eigenvalue weighted by atomic mass is 35.5. The first-order valence-corrected chi connectivity index (χ1v) is 8.51. The van der Waals surface area contributed by atoms with Gasteiger partial charge in [0, 0.05) is 0 Å². The first kappa shape index (κ1) is 13.7. The van der Waals surface area contributed by atoms with Crippen molar-refractivity contribution in [2.75, 3.05) is 0 Å². The molecule has 0 unspecified atom stereocenters. The number of halogens is 1. The van der Waals surface area contributed by atoms with E-state index >= 15 is 0 Å². The third-order valence-corrected chi connectivity index (χ3v) is 5.01. The molecule has 3 heterocycles. The number of thiophene rings is 1. The van der Waals surface area contributed by atoms with Crippen LogP contribution in [0, 0.1) is 0 Å². The third kappa shape index (κ3) is 2.47. The fourth-order valence-corrected chi connectivity index (χ4v) is 3.61. The average Bonchev–Trinajstić information content (AvgIpc) is 3.22. The SMILES string of the molecule is Clc1ccccc1OCc1nn2c(-c3cccs3)nnc2s1. The quantitative estimate of drug-likeness (QED) is 0.556. The number of para-hydroxylation sites is 1. The van der Waals surface area contributed by atoms with E-state index < -0.39 is 0 Å². The molecule has 8 heteroatoms. The van der Waals surface area contributed by atoms with Crippen LogP contribution in [0.1, 0.15) is 5.01 Å². The smallest absolute Gasteiger partial charge is 0.235 e. The molecular weight excluding hydrogens is 340 g/mol. The fourth-order valence-electron chi connectivity index (χ4n) is 1.98. The monoisotopic (exact) mass is 348 g/mol. The molecule has 0 aliphatic carbocycles. The number of benzene rings is 1. The molecule has 0 spiro atoms. The van der Waals surface area contributed by atoms with Crippen molar-refractivity contribution < 1.29 is 4.74 Å². The van der Waals surface area contributed by atoms with Crippen molar-refractivity contribution >= 4 is 39.2 Å². The van der Waals surface area contributed by atoms with Gasteiger partial charge in [0.2, 0.25) is 4.96 Å². The van der Waals surface area contributed by atoms with Gasteiger partial charge in [0.05, 0.1) is 9.90 Å². The largest absolute Gasteiger partial charge is 0.485 e. The summed E-state index contributed by atoms with van der Waals surface area (Å²) in [5.41, 5.74) is 0. The summed E-state index contributed by atoms with van der Waals surface area (Å²) < 4.78 is 7.46. The van der Waals surface area contributed by atoms with Gasteiger partial charge in [0.15, 0.2) is 10.8 Å². The van der Waals surface area contributed by atoms with E-state index in [4.69, 9.17) is 16.3 Å². The number of hydrogen-bond acceptors (Lipinski definition) is 6. The van der Waals surface area contributed by atoms with Crippen molar-refractivity contribution in [2.45, 2.75) is 6.61 Å². The van der Waals surface area contributed by atoms with Crippen LogP contribution in [0.2, 0.25) is 5.02 Å². The fraction of sp³-hybridized carbons (Fsp3) is 0.0714. The zero-order chi connectivity index (χ0) is 14.9. The number of aromatic nitrogens is 4. The van der Waals surface area contributed by atoms with E-state index in [0.29, 0.717) is 17.4 Å². The standard InChI is InChI=1S/C14H9ClN4OS2/c15-9-4-1-2-5-10(9)20-8-12-18-19-13(11-6-3-7-21-11)16-17-14(19)22-12/h1-7H,8H2. The Morgan fingerprint density at radius 1 is 1.14 bits per heavy atom. The summed E-state index contributed by atoms with van der Waals surface area (Å²) in [6.45, 7) is 0.349. The van der Waals surface area contributed by atoms with E-state index in [0.717, 1.165) is 20.7 Å². The lowest BCUT2D eigenvalue weighted by molar-refractivity contribution is 0.304. The summed E-state index contributed by atoms with van der Waals surface area (Å²) in [4.78, 5) is 1.79. The minimum absolute atomic E-state index is 0.349. The number of hydrogen-bond donors (Lipinski definition) is 0. The van der Waals surface area contributed by atoms with E-state index in [1.807, 2.05) is 35.7 Å². The maximum absolute atomic E-state index is 6.07. The molecule has 0 amide bonds. The molecule has 110 valence electrons. The lowest BCUT2D eigenvalue weighted by Crippen LogP contribution is -1.97. The van der Waals surface area contributed by atoms with E-state index in [9.17, 15) is 0 Å². The van der Waals surface area contributed by atoms with Gasteiger partial charge in [0.25, 0.3) is 0 Å². The Hall–Kier alpha value is -1.96. The van der Waals surface area contributed by atoms with Gasteiger partial charge < -0.3 is 4.74 Å². The number of fused-ring (bicyclic) bond motifs is 1. The van der Waals surface area contributed by atoms with Crippen LogP contribution in [0.15, 0.2) is 41.8 Å². The molecule has 5 nitrogen and oxygen atoms in total. The van der Waals surface area contributed by atoms with Gasteiger partial charge >= 0.3 is 0 Å². The van der Waals surface area contributed by atoms with E-state index in [1.54, 1.807) is 21.9 Å². The van der Waals surface area contributed by atoms with Gasteiger partial charge in [-0.25, -0.2) is 0 Å². The molecule has 4 aromatic rings. The first-order chi connectivity index (χ1) is 10.8. The molecule has 0 saturated carbocycles. The van der Waals surface area contributed by atoms with Gasteiger partial charge in [-0.2, -0.15) is 9.61 Å². The Balaban J connectivity index is 1.60. The summed E-state index contributed by atoms with van der Waals surface area (Å²) in [5, 5.41) is 16.3. The molecule has 4 rings (SSSR count). The van der Waals surface area contributed by atoms with Crippen LogP contribution in [0.3, 0.4) is 0 Å². The molecule has 0 radical (unpaired) electrons. The molecule has 0 bridgehead atoms. The third-order valence-electron chi connectivity index (χ3n) is 2.96. The molecule has 0 N–H and O–H groups in total. The Bertz CT molecular complexity index is 916. The van der Waals surface area contributed by atoms with Crippen LogP contribution < -0.4 is 4.74 Å². The van der Waals surface area contributed by atoms with Crippen molar-refractivity contribution in [3.8, 4) is 16.5 Å². The Kier molecular flexibility index (Phi) is 3.53. The van der Waals surface area contributed by atoms with E-state index in [-0.39, 0.29) is 0 Å². The summed E-state index contributed by atoms with van der Waals surface area (Å²) in [6.07, 6.45) is 0. The molecule has 0 aliphatic heterocycles. The van der Waals surface area contributed by atoms with Crippen LogP contribution >= 0.6 is 34.3 Å². The highest BCUT2D eigenvalue weighted by Gasteiger charge is 2.14. The lowest BCUT2D eigenvalue weighted by Gasteiger charge is -2.04. The van der Waals surface area contributed by atoms with Gasteiger partial charge in [0.1, 0.15) is 12.4 Å². The topological polar surface area (TPSA) is 52.3 Å². The summed E-state index contributed by atoms with van der Waals surface area (Å²) >= 11 is 9.14. The van der Waals surface area contributed by atoms with Crippen molar-refractivity contribution in [1.29, 1.82) is 0 Å². The molecule has 1 aromatic carbocycles. The Labute approximate surface area is 138 Å². The van der Waals surface area contributed by atoms with E-state index in [2.05, 4.69) is 15.3 Å². The highest BCUT2D eigenvalue weighted by molar-refractivity contribution is 7.16. The zero-order valence-corrected chi connectivity index (χ0v) is 13.5. The zero-order valence-electron chi connectivity index (χ0n) is 11.1. The predicted molar refractivity (Wildman–Crippen MR) is 87.8 cm³/mol. The van der Waals surface area contributed by atoms with Crippen LogP contribution in [0.4, 0.5) is 0 Å². The molecule has 22 heavy (non-hydrogen) atoms. The van der Waals surface area contributed by atoms with Crippen LogP contribution in [0.5, 0.6) is 5.75 Å². The molecule has 0 saturated heterocycles. The second kappa shape index (κ2) is 5.68. The Morgan fingerprint density at radius 2 is 2.05 bits per heavy atom. The van der Waals surface area contributed by atoms with Gasteiger partial charge in [-0.05, 0) is 23.6 Å². The first-order valence-electron chi connectivity index (χ1n) is 6.43. The maximum atomic E-state index is 6.07. The van der Waals surface area contributed by atoms with Crippen molar-refractivity contribution in [1.82, 2.24) is 19.8 Å². The van der Waals surface area contributed by atoms with Crippen LogP contribution in [0.25, 0.3) is 15.7 Å². The summed E-state index contributed by atoms with van der Waals surface area (Å²) in [7, 11) is 0. The van der Waals surface area contributed by atoms with Crippen LogP contribution in [-0.4, -0.2) is 19.8 Å². The molecule has 0 fully saturated rings. The maximum Gasteiger partial charge on any atom is 0.235 e.